The topological polar surface area (TPSA) is 144 Å². The highest BCUT2D eigenvalue weighted by molar-refractivity contribution is 6.11. The van der Waals surface area contributed by atoms with Crippen LogP contribution in [0, 0.1) is 91.5 Å². The molecule has 0 radical (unpaired) electrons. The molecule has 0 bridgehead atoms. The summed E-state index contributed by atoms with van der Waals surface area (Å²) in [6, 6.07) is 57.7. The average Bonchev–Trinajstić information content (AvgIpc) is 1.59. The zero-order chi connectivity index (χ0) is 67.4. The lowest BCUT2D eigenvalue weighted by atomic mass is 9.99. The Morgan fingerprint density at radius 3 is 1.38 bits per heavy atom. The SMILES string of the molecule is Cc1c(-c2cccc[n+]2C)cc2c(oc3c(C#N)cccc32)c1F.Cc1cc2c(oc3ccc(C#N)cc32)c(F)c1-c1cccc[n+]1C.Cc1cc2c(oc3cccc(C#N)c32)c(F)c1-c1cccc[n+]1C.[C-]#[N+]c1ccc2c(c1)oc1c(F)c(-c3cccc[n+]3C)c(C)cc12. The molecule has 0 atom stereocenters. The number of hydrogen-bond acceptors (Lipinski definition) is 7. The van der Waals surface area contributed by atoms with Gasteiger partial charge in [0.2, 0.25) is 22.8 Å². The Labute approximate surface area is 547 Å². The van der Waals surface area contributed by atoms with Crippen molar-refractivity contribution in [2.75, 3.05) is 0 Å². The summed E-state index contributed by atoms with van der Waals surface area (Å²) in [4.78, 5) is 3.40. The predicted molar refractivity (Wildman–Crippen MR) is 361 cm³/mol. The molecule has 0 amide bonds. The number of aromatic nitrogens is 4. The second-order valence-corrected chi connectivity index (χ2v) is 23.4. The Bertz CT molecular complexity index is 6030. The number of rotatable bonds is 4. The number of pyridine rings is 4. The molecule has 8 aromatic carbocycles. The number of halogens is 4. The average molecular weight is 1270 g/mol. The van der Waals surface area contributed by atoms with Crippen LogP contribution in [0.15, 0.2) is 212 Å². The number of nitrogens with zero attached hydrogens (tertiary/aromatic N) is 8. The molecule has 16 aromatic rings. The lowest BCUT2D eigenvalue weighted by Crippen LogP contribution is -2.30. The van der Waals surface area contributed by atoms with Crippen molar-refractivity contribution in [1.82, 2.24) is 0 Å². The largest absolute Gasteiger partial charge is 0.454 e. The van der Waals surface area contributed by atoms with Gasteiger partial charge in [-0.3, -0.25) is 0 Å². The lowest BCUT2D eigenvalue weighted by Gasteiger charge is -2.06. The zero-order valence-corrected chi connectivity index (χ0v) is 53.2. The van der Waals surface area contributed by atoms with Crippen LogP contribution in [0.3, 0.4) is 0 Å². The smallest absolute Gasteiger partial charge is 0.215 e. The summed E-state index contributed by atoms with van der Waals surface area (Å²) in [6.45, 7) is 14.5. The minimum atomic E-state index is -0.396. The van der Waals surface area contributed by atoms with Crippen molar-refractivity contribution in [2.45, 2.75) is 27.7 Å². The van der Waals surface area contributed by atoms with Crippen LogP contribution in [0.25, 0.3) is 138 Å². The van der Waals surface area contributed by atoms with E-state index in [9.17, 15) is 14.9 Å². The molecular weight excluding hydrogens is 1210 g/mol. The molecule has 0 fully saturated rings. The van der Waals surface area contributed by atoms with E-state index in [4.69, 9.17) is 29.5 Å². The van der Waals surface area contributed by atoms with Gasteiger partial charge in [-0.1, -0.05) is 30.3 Å². The first kappa shape index (κ1) is 62.1. The summed E-state index contributed by atoms with van der Waals surface area (Å²) in [5.41, 5.74) is 13.5. The van der Waals surface area contributed by atoms with Crippen LogP contribution in [0.4, 0.5) is 23.2 Å². The van der Waals surface area contributed by atoms with Gasteiger partial charge in [0.05, 0.1) is 57.7 Å². The third kappa shape index (κ3) is 10.7. The van der Waals surface area contributed by atoms with E-state index < -0.39 is 5.82 Å². The van der Waals surface area contributed by atoms with Crippen LogP contribution in [0.1, 0.15) is 38.9 Å². The van der Waals surface area contributed by atoms with Gasteiger partial charge < -0.3 is 17.7 Å². The van der Waals surface area contributed by atoms with Gasteiger partial charge in [-0.25, -0.2) is 40.7 Å². The van der Waals surface area contributed by atoms with Gasteiger partial charge in [0.15, 0.2) is 81.7 Å². The quantitative estimate of drug-likeness (QED) is 0.0969. The van der Waals surface area contributed by atoms with Gasteiger partial charge in [-0.15, -0.1) is 0 Å². The second-order valence-electron chi connectivity index (χ2n) is 23.4. The van der Waals surface area contributed by atoms with Crippen molar-refractivity contribution < 1.29 is 53.5 Å². The number of fused-ring (bicyclic) bond motifs is 12. The third-order valence-corrected chi connectivity index (χ3v) is 17.5. The van der Waals surface area contributed by atoms with Crippen LogP contribution >= 0.6 is 0 Å². The molecule has 8 aromatic heterocycles. The maximum Gasteiger partial charge on any atom is 0.215 e. The molecular formula is C80H56F4N8O4+4. The Morgan fingerprint density at radius 2 is 0.844 bits per heavy atom. The molecule has 0 aliphatic rings. The molecule has 0 unspecified atom stereocenters. The van der Waals surface area contributed by atoms with Gasteiger partial charge in [-0.2, -0.15) is 15.8 Å². The third-order valence-electron chi connectivity index (χ3n) is 17.5. The monoisotopic (exact) mass is 1270 g/mol. The van der Waals surface area contributed by atoms with Crippen molar-refractivity contribution >= 4 is 93.4 Å². The lowest BCUT2D eigenvalue weighted by molar-refractivity contribution is -0.660. The number of para-hydroxylation sites is 1. The van der Waals surface area contributed by atoms with E-state index in [1.54, 1.807) is 67.6 Å². The van der Waals surface area contributed by atoms with Gasteiger partial charge in [-0.05, 0) is 135 Å². The number of furan rings is 4. The molecule has 0 spiro atoms. The van der Waals surface area contributed by atoms with Gasteiger partial charge in [0, 0.05) is 97.2 Å². The maximum absolute atomic E-state index is 15.3. The van der Waals surface area contributed by atoms with Crippen LogP contribution in [0.5, 0.6) is 0 Å². The fourth-order valence-corrected chi connectivity index (χ4v) is 12.7. The van der Waals surface area contributed by atoms with Gasteiger partial charge in [0.25, 0.3) is 0 Å². The Morgan fingerprint density at radius 1 is 0.375 bits per heavy atom. The molecule has 0 saturated heterocycles. The summed E-state index contributed by atoms with van der Waals surface area (Å²) in [5, 5.41) is 33.4. The first-order chi connectivity index (χ1) is 46.4. The van der Waals surface area contributed by atoms with Crippen molar-refractivity contribution in [3.63, 3.8) is 0 Å². The molecule has 0 aliphatic carbocycles. The van der Waals surface area contributed by atoms with E-state index in [0.29, 0.717) is 88.5 Å². The highest BCUT2D eigenvalue weighted by atomic mass is 19.1. The van der Waals surface area contributed by atoms with Crippen molar-refractivity contribution in [1.29, 1.82) is 15.8 Å². The van der Waals surface area contributed by atoms with E-state index in [1.165, 1.54) is 0 Å². The van der Waals surface area contributed by atoms with Gasteiger partial charge >= 0.3 is 0 Å². The molecule has 464 valence electrons. The summed E-state index contributed by atoms with van der Waals surface area (Å²) < 4.78 is 91.3. The number of benzene rings is 8. The van der Waals surface area contributed by atoms with E-state index in [1.807, 2.05) is 201 Å². The van der Waals surface area contributed by atoms with Crippen molar-refractivity contribution in [2.24, 2.45) is 28.2 Å². The van der Waals surface area contributed by atoms with Crippen LogP contribution in [-0.4, -0.2) is 0 Å². The minimum Gasteiger partial charge on any atom is -0.454 e. The Hall–Kier alpha value is -12.8. The summed E-state index contributed by atoms with van der Waals surface area (Å²) in [7, 11) is 7.58. The van der Waals surface area contributed by atoms with E-state index in [0.717, 1.165) is 66.6 Å². The molecule has 12 nitrogen and oxygen atoms in total. The first-order valence-electron chi connectivity index (χ1n) is 30.4. The van der Waals surface area contributed by atoms with Crippen molar-refractivity contribution in [3.05, 3.63) is 268 Å². The summed E-state index contributed by atoms with van der Waals surface area (Å²) >= 11 is 0. The molecule has 0 saturated carbocycles. The molecule has 16 rings (SSSR count). The fraction of sp³-hybridized carbons (Fsp3) is 0.100. The highest BCUT2D eigenvalue weighted by Gasteiger charge is 2.28. The molecule has 0 aliphatic heterocycles. The van der Waals surface area contributed by atoms with Crippen molar-refractivity contribution in [3.8, 4) is 63.2 Å². The maximum atomic E-state index is 15.3. The van der Waals surface area contributed by atoms with E-state index in [-0.39, 0.29) is 39.8 Å². The predicted octanol–water partition coefficient (Wildman–Crippen LogP) is 18.3. The van der Waals surface area contributed by atoms with Crippen LogP contribution in [0.2, 0.25) is 0 Å². The van der Waals surface area contributed by atoms with Crippen LogP contribution < -0.4 is 18.3 Å². The fourth-order valence-electron chi connectivity index (χ4n) is 12.7. The molecule has 8 heterocycles. The number of aryl methyl sites for hydroxylation is 7. The van der Waals surface area contributed by atoms with Gasteiger partial charge in [0.1, 0.15) is 51.0 Å². The normalized spacial score (nSPS) is 11.1. The minimum absolute atomic E-state index is 0.192. The second kappa shape index (κ2) is 25.0. The number of hydrogen-bond donors (Lipinski definition) is 0. The standard InChI is InChI=1S/4C20H14FN2O/c1-12-10-15-14-8-7-13(22-2)11-17(14)24-20(15)19(21)18(12)16-6-4-5-9-23(16)3;1-12-15(17-8-3-4-9-23(17)2)10-16-14-7-5-6-13(11-22)19(14)24-20(16)18(12)21;1-12-10-14-18-13(11-22)6-5-8-16(18)24-20(14)19(21)17(12)15-7-3-4-9-23(15)2;1-12-9-15-14-10-13(11-22)6-7-17(14)24-20(15)19(21)18(12)16-5-3-4-8-23(16)2/h4-11H,1,3H3;3*3-10H,1-2H3/q4*+1. The van der Waals surface area contributed by atoms with E-state index >= 15 is 13.2 Å². The Kier molecular flexibility index (Phi) is 16.2. The molecule has 0 N–H and O–H groups in total. The summed E-state index contributed by atoms with van der Waals surface area (Å²) in [5.74, 6) is -1.52. The zero-order valence-electron chi connectivity index (χ0n) is 53.2. The highest BCUT2D eigenvalue weighted by Crippen LogP contribution is 2.42. The Balaban J connectivity index is 0.000000116. The van der Waals surface area contributed by atoms with E-state index in [2.05, 4.69) is 23.1 Å². The summed E-state index contributed by atoms with van der Waals surface area (Å²) in [6.07, 6.45) is 7.58. The molecule has 96 heavy (non-hydrogen) atoms. The molecule has 16 heteroatoms. The van der Waals surface area contributed by atoms with Crippen LogP contribution in [-0.2, 0) is 28.2 Å². The first-order valence-corrected chi connectivity index (χ1v) is 30.4. The number of nitriles is 3.